The van der Waals surface area contributed by atoms with Crippen LogP contribution >= 0.6 is 0 Å². The Bertz CT molecular complexity index is 1900. The van der Waals surface area contributed by atoms with Crippen LogP contribution in [0.4, 0.5) is 31.4 Å². The molecule has 4 rings (SSSR count). The second-order valence-electron chi connectivity index (χ2n) is 10.9. The lowest BCUT2D eigenvalue weighted by Gasteiger charge is -2.15. The van der Waals surface area contributed by atoms with Crippen molar-refractivity contribution in [3.05, 3.63) is 114 Å². The Morgan fingerprint density at radius 1 is 0.460 bits per heavy atom. The van der Waals surface area contributed by atoms with E-state index >= 15 is 0 Å². The molecule has 0 aliphatic carbocycles. The predicted octanol–water partition coefficient (Wildman–Crippen LogP) is 2.97. The van der Waals surface area contributed by atoms with Crippen LogP contribution in [-0.2, 0) is 39.3 Å². The van der Waals surface area contributed by atoms with Crippen LogP contribution in [0.25, 0.3) is 0 Å². The van der Waals surface area contributed by atoms with Gasteiger partial charge in [-0.2, -0.15) is 0 Å². The van der Waals surface area contributed by atoms with Gasteiger partial charge in [-0.15, -0.1) is 0 Å². The number of nitrogens with one attached hydrogen (secondary N) is 9. The number of hydrogen-bond acceptors (Lipinski definition) is 10. The van der Waals surface area contributed by atoms with Crippen LogP contribution in [0, 0.1) is 0 Å². The van der Waals surface area contributed by atoms with Crippen LogP contribution in [0.1, 0.15) is 16.7 Å². The molecule has 0 fully saturated rings. The Labute approximate surface area is 289 Å². The summed E-state index contributed by atoms with van der Waals surface area (Å²) in [7, 11) is -6.71. The Morgan fingerprint density at radius 2 is 0.760 bits per heavy atom. The third kappa shape index (κ3) is 12.2. The summed E-state index contributed by atoms with van der Waals surface area (Å²) in [4.78, 5) is 37.7. The average molecular weight is 724 g/mol. The summed E-state index contributed by atoms with van der Waals surface area (Å²) in [6.45, 7) is 0.290. The number of para-hydroxylation sites is 1. The number of benzene rings is 4. The van der Waals surface area contributed by atoms with Gasteiger partial charge < -0.3 is 16.0 Å². The van der Waals surface area contributed by atoms with Gasteiger partial charge in [-0.1, -0.05) is 36.4 Å². The molecule has 4 aromatic rings. The van der Waals surface area contributed by atoms with E-state index in [0.29, 0.717) is 33.8 Å². The molecule has 0 radical (unpaired) electrons. The van der Waals surface area contributed by atoms with E-state index in [9.17, 15) is 31.2 Å². The van der Waals surface area contributed by atoms with Crippen molar-refractivity contribution >= 4 is 54.8 Å². The van der Waals surface area contributed by atoms with E-state index < -0.39 is 37.8 Å². The standard InChI is InChI=1S/C32H37N9O7S2/c1-49(45,46)28-12-8-26(9-13-28)37-40-31(43)34-20-23-16-22(19-33-30(42)39-36-25-6-4-3-5-7-25)17-24(18-23)21-35-32(44)41-38-27-10-14-29(15-11-27)50(2,47)48/h3-18,36-38H,19-21H2,1-2H3,(H2,33,39,42)(H2,34,40,43)(H2,35,41,44). The van der Waals surface area contributed by atoms with E-state index in [2.05, 4.69) is 48.5 Å². The average Bonchev–Trinajstić information content (AvgIpc) is 3.09. The topological polar surface area (TPSA) is 228 Å². The van der Waals surface area contributed by atoms with Gasteiger partial charge in [-0.3, -0.25) is 32.6 Å². The van der Waals surface area contributed by atoms with Crippen LogP contribution in [0.15, 0.2) is 107 Å². The first kappa shape index (κ1) is 36.8. The fourth-order valence-electron chi connectivity index (χ4n) is 4.30. The number of urea groups is 3. The fourth-order valence-corrected chi connectivity index (χ4v) is 5.57. The van der Waals surface area contributed by atoms with E-state index in [1.165, 1.54) is 48.5 Å². The van der Waals surface area contributed by atoms with E-state index in [-0.39, 0.29) is 29.4 Å². The molecule has 0 atom stereocenters. The lowest BCUT2D eigenvalue weighted by atomic mass is 10.1. The van der Waals surface area contributed by atoms with E-state index in [1.807, 2.05) is 18.2 Å². The van der Waals surface area contributed by atoms with Crippen molar-refractivity contribution in [1.82, 2.24) is 32.2 Å². The third-order valence-corrected chi connectivity index (χ3v) is 9.03. The Balaban J connectivity index is 1.34. The van der Waals surface area contributed by atoms with Crippen LogP contribution in [0.3, 0.4) is 0 Å². The van der Waals surface area contributed by atoms with Crippen molar-refractivity contribution < 1.29 is 31.2 Å². The van der Waals surface area contributed by atoms with Gasteiger partial charge in [0.25, 0.3) is 0 Å². The Kier molecular flexibility index (Phi) is 12.4. The van der Waals surface area contributed by atoms with Crippen LogP contribution < -0.4 is 48.5 Å². The number of anilines is 3. The Hall–Kier alpha value is -6.01. The number of amides is 6. The molecular formula is C32H37N9O7S2. The molecule has 0 spiro atoms. The number of rotatable bonds is 14. The first-order valence-corrected chi connectivity index (χ1v) is 18.7. The minimum Gasteiger partial charge on any atom is -0.333 e. The number of sulfone groups is 2. The first-order chi connectivity index (χ1) is 23.7. The summed E-state index contributed by atoms with van der Waals surface area (Å²) < 4.78 is 46.6. The number of hydrazine groups is 3. The normalized spacial score (nSPS) is 11.0. The molecular weight excluding hydrogens is 687 g/mol. The van der Waals surface area contributed by atoms with Crippen molar-refractivity contribution in [3.8, 4) is 0 Å². The summed E-state index contributed by atoms with van der Waals surface area (Å²) >= 11 is 0. The summed E-state index contributed by atoms with van der Waals surface area (Å²) in [6.07, 6.45) is 2.20. The van der Waals surface area contributed by atoms with Gasteiger partial charge in [0.1, 0.15) is 0 Å². The highest BCUT2D eigenvalue weighted by atomic mass is 32.2. The molecule has 0 saturated heterocycles. The quantitative estimate of drug-likeness (QED) is 0.0865. The highest BCUT2D eigenvalue weighted by Gasteiger charge is 2.10. The molecule has 264 valence electrons. The van der Waals surface area contributed by atoms with Crippen LogP contribution in [0.5, 0.6) is 0 Å². The smallest absolute Gasteiger partial charge is 0.333 e. The molecule has 0 saturated carbocycles. The van der Waals surface area contributed by atoms with Gasteiger partial charge in [0, 0.05) is 32.1 Å². The molecule has 4 aromatic carbocycles. The zero-order chi connectivity index (χ0) is 36.1. The minimum absolute atomic E-state index is 0.0837. The highest BCUT2D eigenvalue weighted by molar-refractivity contribution is 7.91. The molecule has 0 heterocycles. The molecule has 0 unspecified atom stereocenters. The summed E-state index contributed by atoms with van der Waals surface area (Å²) in [5.41, 5.74) is 19.4. The number of carbonyl (C=O) groups excluding carboxylic acids is 3. The minimum atomic E-state index is -3.35. The molecule has 0 aromatic heterocycles. The summed E-state index contributed by atoms with van der Waals surface area (Å²) in [5, 5.41) is 8.18. The molecule has 6 amide bonds. The maximum atomic E-state index is 12.5. The largest absolute Gasteiger partial charge is 0.333 e. The molecule has 50 heavy (non-hydrogen) atoms. The van der Waals surface area contributed by atoms with E-state index in [4.69, 9.17) is 0 Å². The number of carbonyl (C=O) groups is 3. The first-order valence-electron chi connectivity index (χ1n) is 14.9. The van der Waals surface area contributed by atoms with Crippen molar-refractivity contribution in [3.63, 3.8) is 0 Å². The number of hydrogen-bond donors (Lipinski definition) is 9. The second kappa shape index (κ2) is 16.9. The van der Waals surface area contributed by atoms with Crippen molar-refractivity contribution in [2.45, 2.75) is 29.4 Å². The third-order valence-electron chi connectivity index (χ3n) is 6.77. The van der Waals surface area contributed by atoms with Gasteiger partial charge in [-0.25, -0.2) is 31.2 Å². The zero-order valence-corrected chi connectivity index (χ0v) is 28.7. The van der Waals surface area contributed by atoms with Crippen molar-refractivity contribution in [2.24, 2.45) is 0 Å². The van der Waals surface area contributed by atoms with Crippen molar-refractivity contribution in [1.29, 1.82) is 0 Å². The second-order valence-corrected chi connectivity index (χ2v) is 14.9. The van der Waals surface area contributed by atoms with Gasteiger partial charge in [-0.05, 0) is 77.4 Å². The van der Waals surface area contributed by atoms with Gasteiger partial charge in [0.15, 0.2) is 19.7 Å². The van der Waals surface area contributed by atoms with E-state index in [1.54, 1.807) is 30.3 Å². The molecule has 0 aliphatic heterocycles. The Morgan fingerprint density at radius 3 is 1.06 bits per heavy atom. The summed E-state index contributed by atoms with van der Waals surface area (Å²) in [5.74, 6) is 0. The highest BCUT2D eigenvalue weighted by Crippen LogP contribution is 2.15. The van der Waals surface area contributed by atoms with Crippen molar-refractivity contribution in [2.75, 3.05) is 28.8 Å². The van der Waals surface area contributed by atoms with Gasteiger partial charge in [0.2, 0.25) is 0 Å². The lowest BCUT2D eigenvalue weighted by Crippen LogP contribution is -2.39. The SMILES string of the molecule is CS(=O)(=O)c1ccc(NNC(=O)NCc2cc(CNC(=O)NNc3ccccc3)cc(CNC(=O)NNc3ccc(S(C)(=O)=O)cc3)c2)cc1. The van der Waals surface area contributed by atoms with Gasteiger partial charge in [0.05, 0.1) is 26.9 Å². The van der Waals surface area contributed by atoms with Gasteiger partial charge >= 0.3 is 18.1 Å². The molecule has 9 N–H and O–H groups in total. The maximum Gasteiger partial charge on any atom is 0.333 e. The fraction of sp³-hybridized carbons (Fsp3) is 0.156. The van der Waals surface area contributed by atoms with E-state index in [0.717, 1.165) is 12.5 Å². The molecule has 0 aliphatic rings. The van der Waals surface area contributed by atoms with Crippen LogP contribution in [-0.4, -0.2) is 47.4 Å². The monoisotopic (exact) mass is 723 g/mol. The lowest BCUT2D eigenvalue weighted by molar-refractivity contribution is 0.241. The molecule has 16 nitrogen and oxygen atoms in total. The molecule has 18 heteroatoms. The predicted molar refractivity (Wildman–Crippen MR) is 189 cm³/mol. The molecule has 0 bridgehead atoms. The maximum absolute atomic E-state index is 12.5. The van der Waals surface area contributed by atoms with Crippen LogP contribution in [0.2, 0.25) is 0 Å². The summed E-state index contributed by atoms with van der Waals surface area (Å²) in [6, 6.07) is 24.5. The zero-order valence-electron chi connectivity index (χ0n) is 27.0.